The Morgan fingerprint density at radius 1 is 1.22 bits per heavy atom. The van der Waals surface area contributed by atoms with Crippen molar-refractivity contribution in [3.8, 4) is 17.2 Å². The van der Waals surface area contributed by atoms with E-state index in [9.17, 15) is 4.79 Å². The topological polar surface area (TPSA) is 69.2 Å². The standard InChI is InChI=1S/C20H23ClN2O4/c1-4-14(2)27-17-10-9-15(11-16(17)21)12-22-23-20(24)13-26-19-8-6-5-7-18(19)25-3/h5-12,14H,4,13H2,1-3H3,(H,23,24)/b22-12+/t14-/m1/s1. The van der Waals surface area contributed by atoms with Crippen LogP contribution >= 0.6 is 11.6 Å². The summed E-state index contributed by atoms with van der Waals surface area (Å²) in [4.78, 5) is 11.8. The fourth-order valence-electron chi connectivity index (χ4n) is 2.09. The molecule has 0 unspecified atom stereocenters. The molecule has 27 heavy (non-hydrogen) atoms. The first kappa shape index (κ1) is 20.6. The molecule has 144 valence electrons. The first-order valence-corrected chi connectivity index (χ1v) is 8.95. The normalized spacial score (nSPS) is 11.9. The third kappa shape index (κ3) is 6.49. The summed E-state index contributed by atoms with van der Waals surface area (Å²) in [7, 11) is 1.54. The van der Waals surface area contributed by atoms with Gasteiger partial charge < -0.3 is 14.2 Å². The number of hydrogen-bond donors (Lipinski definition) is 1. The zero-order valence-electron chi connectivity index (χ0n) is 15.6. The minimum atomic E-state index is -0.389. The van der Waals surface area contributed by atoms with Gasteiger partial charge in [-0.2, -0.15) is 5.10 Å². The van der Waals surface area contributed by atoms with Gasteiger partial charge in [-0.15, -0.1) is 0 Å². The largest absolute Gasteiger partial charge is 0.493 e. The van der Waals surface area contributed by atoms with Crippen LogP contribution in [0.2, 0.25) is 5.02 Å². The van der Waals surface area contributed by atoms with Gasteiger partial charge in [-0.25, -0.2) is 5.43 Å². The Balaban J connectivity index is 1.85. The van der Waals surface area contributed by atoms with Crippen LogP contribution in [0.25, 0.3) is 0 Å². The number of methoxy groups -OCH3 is 1. The van der Waals surface area contributed by atoms with E-state index in [1.54, 1.807) is 30.3 Å². The molecule has 0 saturated carbocycles. The molecule has 0 bridgehead atoms. The molecule has 1 N–H and O–H groups in total. The van der Waals surface area contributed by atoms with Crippen LogP contribution in [-0.4, -0.2) is 31.9 Å². The highest BCUT2D eigenvalue weighted by Gasteiger charge is 2.07. The lowest BCUT2D eigenvalue weighted by Crippen LogP contribution is -2.24. The Kier molecular flexibility index (Phi) is 7.95. The van der Waals surface area contributed by atoms with E-state index in [2.05, 4.69) is 10.5 Å². The van der Waals surface area contributed by atoms with Crippen LogP contribution in [0.3, 0.4) is 0 Å². The van der Waals surface area contributed by atoms with Gasteiger partial charge in [0.25, 0.3) is 5.91 Å². The van der Waals surface area contributed by atoms with E-state index in [0.717, 1.165) is 12.0 Å². The summed E-state index contributed by atoms with van der Waals surface area (Å²) in [6.07, 6.45) is 2.48. The number of hydrogen-bond acceptors (Lipinski definition) is 5. The molecule has 6 nitrogen and oxygen atoms in total. The predicted octanol–water partition coefficient (Wildman–Crippen LogP) is 4.06. The van der Waals surface area contributed by atoms with Gasteiger partial charge in [-0.3, -0.25) is 4.79 Å². The molecule has 0 aliphatic carbocycles. The lowest BCUT2D eigenvalue weighted by Gasteiger charge is -2.13. The second-order valence-corrected chi connectivity index (χ2v) is 6.17. The Labute approximate surface area is 164 Å². The summed E-state index contributed by atoms with van der Waals surface area (Å²) in [6, 6.07) is 12.4. The zero-order valence-corrected chi connectivity index (χ0v) is 16.3. The fourth-order valence-corrected chi connectivity index (χ4v) is 2.32. The maximum atomic E-state index is 11.8. The van der Waals surface area contributed by atoms with Crippen molar-refractivity contribution in [2.75, 3.05) is 13.7 Å². The van der Waals surface area contributed by atoms with Gasteiger partial charge >= 0.3 is 0 Å². The molecule has 1 amide bonds. The van der Waals surface area contributed by atoms with Crippen LogP contribution in [0, 0.1) is 0 Å². The Morgan fingerprint density at radius 2 is 1.96 bits per heavy atom. The maximum Gasteiger partial charge on any atom is 0.277 e. The third-order valence-electron chi connectivity index (χ3n) is 3.69. The number of carbonyl (C=O) groups excluding carboxylic acids is 1. The van der Waals surface area contributed by atoms with Crippen molar-refractivity contribution in [2.45, 2.75) is 26.4 Å². The molecule has 1 atom stereocenters. The molecule has 2 aromatic rings. The van der Waals surface area contributed by atoms with Crippen molar-refractivity contribution >= 4 is 23.7 Å². The van der Waals surface area contributed by atoms with Crippen molar-refractivity contribution in [1.82, 2.24) is 5.43 Å². The molecule has 0 aliphatic heterocycles. The second-order valence-electron chi connectivity index (χ2n) is 5.76. The van der Waals surface area contributed by atoms with Gasteiger partial charge in [0.15, 0.2) is 18.1 Å². The molecule has 0 aromatic heterocycles. The smallest absolute Gasteiger partial charge is 0.277 e. The average molecular weight is 391 g/mol. The van der Waals surface area contributed by atoms with E-state index >= 15 is 0 Å². The molecule has 2 rings (SSSR count). The number of rotatable bonds is 9. The molecule has 0 heterocycles. The lowest BCUT2D eigenvalue weighted by atomic mass is 10.2. The van der Waals surface area contributed by atoms with E-state index in [0.29, 0.717) is 22.3 Å². The van der Waals surface area contributed by atoms with Gasteiger partial charge in [0, 0.05) is 0 Å². The summed E-state index contributed by atoms with van der Waals surface area (Å²) in [6.45, 7) is 3.84. The van der Waals surface area contributed by atoms with Crippen molar-refractivity contribution in [1.29, 1.82) is 0 Å². The highest BCUT2D eigenvalue weighted by Crippen LogP contribution is 2.26. The Hall–Kier alpha value is -2.73. The quantitative estimate of drug-likeness (QED) is 0.518. The number of amides is 1. The average Bonchev–Trinajstić information content (AvgIpc) is 2.68. The van der Waals surface area contributed by atoms with Gasteiger partial charge in [0.2, 0.25) is 0 Å². The number of para-hydroxylation sites is 2. The summed E-state index contributed by atoms with van der Waals surface area (Å²) in [5.41, 5.74) is 3.14. The van der Waals surface area contributed by atoms with Crippen LogP contribution in [0.4, 0.5) is 0 Å². The summed E-state index contributed by atoms with van der Waals surface area (Å²) in [5, 5.41) is 4.40. The number of carbonyl (C=O) groups is 1. The zero-order chi connectivity index (χ0) is 19.6. The number of ether oxygens (including phenoxy) is 3. The summed E-state index contributed by atoms with van der Waals surface area (Å²) in [5.74, 6) is 1.28. The monoisotopic (exact) mass is 390 g/mol. The maximum absolute atomic E-state index is 11.8. The summed E-state index contributed by atoms with van der Waals surface area (Å²) >= 11 is 6.21. The molecule has 0 saturated heterocycles. The van der Waals surface area contributed by atoms with Crippen molar-refractivity contribution < 1.29 is 19.0 Å². The molecule has 0 aliphatic rings. The third-order valence-corrected chi connectivity index (χ3v) is 3.99. The van der Waals surface area contributed by atoms with Gasteiger partial charge in [0.05, 0.1) is 24.5 Å². The molecule has 0 fully saturated rings. The van der Waals surface area contributed by atoms with E-state index in [4.69, 9.17) is 25.8 Å². The number of benzene rings is 2. The van der Waals surface area contributed by atoms with Crippen LogP contribution in [-0.2, 0) is 4.79 Å². The van der Waals surface area contributed by atoms with Crippen molar-refractivity contribution in [2.24, 2.45) is 5.10 Å². The first-order valence-electron chi connectivity index (χ1n) is 8.57. The molecular formula is C20H23ClN2O4. The Morgan fingerprint density at radius 3 is 2.63 bits per heavy atom. The number of halogens is 1. The van der Waals surface area contributed by atoms with Gasteiger partial charge in [-0.05, 0) is 49.2 Å². The molecular weight excluding hydrogens is 368 g/mol. The van der Waals surface area contributed by atoms with E-state index < -0.39 is 0 Å². The number of nitrogens with zero attached hydrogens (tertiary/aromatic N) is 1. The highest BCUT2D eigenvalue weighted by atomic mass is 35.5. The predicted molar refractivity (Wildman–Crippen MR) is 106 cm³/mol. The van der Waals surface area contributed by atoms with Crippen LogP contribution < -0.4 is 19.6 Å². The van der Waals surface area contributed by atoms with E-state index in [-0.39, 0.29) is 18.6 Å². The minimum absolute atomic E-state index is 0.0875. The highest BCUT2D eigenvalue weighted by molar-refractivity contribution is 6.32. The van der Waals surface area contributed by atoms with E-state index in [1.165, 1.54) is 13.3 Å². The molecule has 7 heteroatoms. The van der Waals surface area contributed by atoms with Crippen LogP contribution in [0.15, 0.2) is 47.6 Å². The van der Waals surface area contributed by atoms with E-state index in [1.807, 2.05) is 26.0 Å². The van der Waals surface area contributed by atoms with Crippen LogP contribution in [0.1, 0.15) is 25.8 Å². The van der Waals surface area contributed by atoms with Crippen molar-refractivity contribution in [3.05, 3.63) is 53.1 Å². The lowest BCUT2D eigenvalue weighted by molar-refractivity contribution is -0.123. The van der Waals surface area contributed by atoms with Crippen molar-refractivity contribution in [3.63, 3.8) is 0 Å². The Bertz CT molecular complexity index is 795. The number of hydrazone groups is 1. The first-order chi connectivity index (χ1) is 13.0. The fraction of sp³-hybridized carbons (Fsp3) is 0.300. The minimum Gasteiger partial charge on any atom is -0.493 e. The van der Waals surface area contributed by atoms with Gasteiger partial charge in [0.1, 0.15) is 5.75 Å². The molecule has 0 radical (unpaired) electrons. The number of nitrogens with one attached hydrogen (secondary N) is 1. The molecule has 2 aromatic carbocycles. The molecule has 0 spiro atoms. The second kappa shape index (κ2) is 10.4. The van der Waals surface area contributed by atoms with Gasteiger partial charge in [-0.1, -0.05) is 30.7 Å². The SMILES string of the molecule is CC[C@@H](C)Oc1ccc(/C=N/NC(=O)COc2ccccc2OC)cc1Cl. The van der Waals surface area contributed by atoms with Crippen LogP contribution in [0.5, 0.6) is 17.2 Å². The summed E-state index contributed by atoms with van der Waals surface area (Å²) < 4.78 is 16.3.